The molecule has 0 radical (unpaired) electrons. The number of halogens is 27. The Morgan fingerprint density at radius 1 is 0.186 bits per heavy atom. The number of rotatable bonds is 0. The largest absolute Gasteiger partial charge is 3.00 e. The Bertz CT molecular complexity index is 632. The van der Waals surface area contributed by atoms with Crippen LogP contribution in [0.2, 0.25) is 0 Å². The van der Waals surface area contributed by atoms with Crippen molar-refractivity contribution in [2.75, 3.05) is 0 Å². The molecular weight excluding hydrogens is 764 g/mol. The Hall–Kier alpha value is -1.50. The zero-order valence-electron chi connectivity index (χ0n) is 17.8. The van der Waals surface area contributed by atoms with Crippen molar-refractivity contribution in [2.45, 2.75) is 72.4 Å². The molecule has 0 unspecified atom stereocenters. The fourth-order valence-corrected chi connectivity index (χ4v) is 1.45. The van der Waals surface area contributed by atoms with Gasteiger partial charge in [-0.15, -0.1) is 0 Å². The van der Waals surface area contributed by atoms with Crippen molar-refractivity contribution in [3.05, 3.63) is 0 Å². The number of alkyl halides is 27. The van der Waals surface area contributed by atoms with Crippen molar-refractivity contribution >= 4 is 0 Å². The van der Waals surface area contributed by atoms with Crippen molar-refractivity contribution in [3.63, 3.8) is 0 Å². The summed E-state index contributed by atoms with van der Waals surface area (Å²) in [6, 6.07) is 0. The minimum absolute atomic E-state index is 0. The average molecular weight is 764 g/mol. The standard InChI is InChI=1S/3C4F9O.Co/c3*5-2(6,7)1(14,3(8,9)10)4(11,12)13;/q3*-1;+3. The van der Waals surface area contributed by atoms with E-state index >= 15 is 0 Å². The first kappa shape index (κ1) is 48.4. The van der Waals surface area contributed by atoms with Gasteiger partial charge in [-0.1, -0.05) is 0 Å². The van der Waals surface area contributed by atoms with Crippen LogP contribution < -0.4 is 15.3 Å². The van der Waals surface area contributed by atoms with Crippen molar-refractivity contribution in [3.8, 4) is 0 Å². The van der Waals surface area contributed by atoms with E-state index < -0.39 is 72.4 Å². The maximum atomic E-state index is 11.3. The second kappa shape index (κ2) is 12.7. The molecular formula is C12CoF27O3. The number of hydrogen-bond donors (Lipinski definition) is 0. The van der Waals surface area contributed by atoms with Gasteiger partial charge in [0.15, 0.2) is 16.8 Å². The SMILES string of the molecule is [Co+3].[O-]C(C(F)(F)F)(C(F)(F)F)C(F)(F)F.[O-]C(C(F)(F)F)(C(F)(F)F)C(F)(F)F.[O-]C(C(F)(F)F)(C(F)(F)F)C(F)(F)F. The Balaban J connectivity index is -0.000000262. The summed E-state index contributed by atoms with van der Waals surface area (Å²) in [5.41, 5.74) is -20.8. The summed E-state index contributed by atoms with van der Waals surface area (Å²) in [7, 11) is 0. The second-order valence-corrected chi connectivity index (χ2v) is 6.52. The zero-order chi connectivity index (χ0) is 36.0. The molecule has 0 aromatic carbocycles. The molecule has 0 aliphatic heterocycles. The van der Waals surface area contributed by atoms with Crippen LogP contribution in [0.15, 0.2) is 0 Å². The molecule has 31 heteroatoms. The molecule has 0 spiro atoms. The molecule has 3 nitrogen and oxygen atoms in total. The fourth-order valence-electron chi connectivity index (χ4n) is 1.45. The van der Waals surface area contributed by atoms with Crippen molar-refractivity contribution < 1.29 is 151 Å². The minimum Gasteiger partial charge on any atom is -0.830 e. The van der Waals surface area contributed by atoms with Gasteiger partial charge in [0.1, 0.15) is 0 Å². The first-order valence-electron chi connectivity index (χ1n) is 7.96. The van der Waals surface area contributed by atoms with E-state index in [-0.39, 0.29) is 16.8 Å². The van der Waals surface area contributed by atoms with E-state index in [2.05, 4.69) is 0 Å². The molecule has 0 saturated carbocycles. The Labute approximate surface area is 224 Å². The van der Waals surface area contributed by atoms with Gasteiger partial charge in [0.25, 0.3) is 0 Å². The van der Waals surface area contributed by atoms with Crippen LogP contribution in [0.25, 0.3) is 0 Å². The van der Waals surface area contributed by atoms with Gasteiger partial charge in [0.05, 0.1) is 0 Å². The Morgan fingerprint density at radius 2 is 0.233 bits per heavy atom. The molecule has 43 heavy (non-hydrogen) atoms. The topological polar surface area (TPSA) is 69.2 Å². The van der Waals surface area contributed by atoms with Crippen LogP contribution in [0.1, 0.15) is 0 Å². The second-order valence-electron chi connectivity index (χ2n) is 6.52. The molecule has 0 bridgehead atoms. The fraction of sp³-hybridized carbons (Fsp3) is 1.00. The third kappa shape index (κ3) is 9.50. The normalized spacial score (nSPS) is 15.5. The first-order valence-corrected chi connectivity index (χ1v) is 7.96. The number of hydrogen-bond acceptors (Lipinski definition) is 3. The van der Waals surface area contributed by atoms with Gasteiger partial charge >= 0.3 is 72.4 Å². The maximum Gasteiger partial charge on any atom is 3.00 e. The van der Waals surface area contributed by atoms with Gasteiger partial charge in [-0.3, -0.25) is 0 Å². The van der Waals surface area contributed by atoms with Gasteiger partial charge in [0.2, 0.25) is 0 Å². The van der Waals surface area contributed by atoms with Crippen molar-refractivity contribution in [2.24, 2.45) is 0 Å². The van der Waals surface area contributed by atoms with E-state index in [0.717, 1.165) is 0 Å². The van der Waals surface area contributed by atoms with Gasteiger partial charge in [-0.25, -0.2) is 0 Å². The van der Waals surface area contributed by atoms with Crippen molar-refractivity contribution in [1.82, 2.24) is 0 Å². The molecule has 0 atom stereocenters. The average Bonchev–Trinajstić information content (AvgIpc) is 2.58. The van der Waals surface area contributed by atoms with Crippen LogP contribution >= 0.6 is 0 Å². The Kier molecular flexibility index (Phi) is 14.3. The molecule has 0 aromatic heterocycles. The molecule has 0 fully saturated rings. The Morgan fingerprint density at radius 3 is 0.233 bits per heavy atom. The predicted molar refractivity (Wildman–Crippen MR) is 62.7 cm³/mol. The first-order chi connectivity index (χ1) is 17.2. The molecule has 0 N–H and O–H groups in total. The van der Waals surface area contributed by atoms with Gasteiger partial charge in [-0.05, 0) is 0 Å². The summed E-state index contributed by atoms with van der Waals surface area (Å²) in [5, 5.41) is 29.4. The third-order valence-electron chi connectivity index (χ3n) is 3.59. The van der Waals surface area contributed by atoms with Crippen LogP contribution in [-0.4, -0.2) is 72.4 Å². The summed E-state index contributed by atoms with van der Waals surface area (Å²) >= 11 is 0. The van der Waals surface area contributed by atoms with Crippen LogP contribution in [0, 0.1) is 0 Å². The summed E-state index contributed by atoms with van der Waals surface area (Å²) in [4.78, 5) is 0. The van der Waals surface area contributed by atoms with E-state index in [1.807, 2.05) is 0 Å². The van der Waals surface area contributed by atoms with Crippen LogP contribution in [-0.2, 0) is 16.8 Å². The minimum atomic E-state index is -6.98. The van der Waals surface area contributed by atoms with E-state index in [1.54, 1.807) is 0 Å². The van der Waals surface area contributed by atoms with E-state index in [9.17, 15) is 134 Å². The van der Waals surface area contributed by atoms with Crippen LogP contribution in [0.4, 0.5) is 119 Å². The molecule has 0 heterocycles. The molecule has 264 valence electrons. The van der Waals surface area contributed by atoms with Gasteiger partial charge in [-0.2, -0.15) is 119 Å². The van der Waals surface area contributed by atoms with E-state index in [4.69, 9.17) is 0 Å². The summed E-state index contributed by atoms with van der Waals surface area (Å²) in [6.45, 7) is 0. The zero-order valence-corrected chi connectivity index (χ0v) is 18.8. The molecule has 0 aromatic rings. The van der Waals surface area contributed by atoms with Gasteiger partial charge in [0, 0.05) is 0 Å². The molecule has 0 rings (SSSR count). The third-order valence-corrected chi connectivity index (χ3v) is 3.59. The smallest absolute Gasteiger partial charge is 0.830 e. The summed E-state index contributed by atoms with van der Waals surface area (Å²) < 4.78 is 306. The maximum absolute atomic E-state index is 11.3. The van der Waals surface area contributed by atoms with E-state index in [1.165, 1.54) is 0 Å². The predicted octanol–water partition coefficient (Wildman–Crippen LogP) is 5.31. The quantitative estimate of drug-likeness (QED) is 0.314. The summed E-state index contributed by atoms with van der Waals surface area (Å²) in [5.74, 6) is 0. The summed E-state index contributed by atoms with van der Waals surface area (Å²) in [6.07, 6.45) is -62.8. The monoisotopic (exact) mass is 764 g/mol. The van der Waals surface area contributed by atoms with Gasteiger partial charge < -0.3 is 15.3 Å². The molecule has 0 aliphatic carbocycles. The van der Waals surface area contributed by atoms with Crippen LogP contribution in [0.5, 0.6) is 0 Å². The molecule has 0 saturated heterocycles. The van der Waals surface area contributed by atoms with Crippen LogP contribution in [0.3, 0.4) is 0 Å². The molecule has 0 amide bonds. The van der Waals surface area contributed by atoms with E-state index in [0.29, 0.717) is 0 Å². The van der Waals surface area contributed by atoms with Crippen molar-refractivity contribution in [1.29, 1.82) is 0 Å². The molecule has 0 aliphatic rings.